The lowest BCUT2D eigenvalue weighted by Gasteiger charge is -2.25. The first-order valence-electron chi connectivity index (χ1n) is 9.23. The smallest absolute Gasteiger partial charge is 0.267 e. The molecule has 3 rings (SSSR count). The lowest BCUT2D eigenvalue weighted by molar-refractivity contribution is 0.0955. The number of benzene rings is 2. The van der Waals surface area contributed by atoms with E-state index in [0.29, 0.717) is 13.1 Å². The van der Waals surface area contributed by atoms with Gasteiger partial charge in [0.15, 0.2) is 0 Å². The number of amides is 1. The van der Waals surface area contributed by atoms with Crippen molar-refractivity contribution in [2.45, 2.75) is 24.2 Å². The van der Waals surface area contributed by atoms with E-state index in [2.05, 4.69) is 10.5 Å². The van der Waals surface area contributed by atoms with Crippen molar-refractivity contribution in [1.29, 1.82) is 0 Å². The molecule has 2 aromatic rings. The van der Waals surface area contributed by atoms with Crippen molar-refractivity contribution in [3.63, 3.8) is 0 Å². The van der Waals surface area contributed by atoms with Gasteiger partial charge in [0.1, 0.15) is 0 Å². The maximum atomic E-state index is 12.8. The summed E-state index contributed by atoms with van der Waals surface area (Å²) < 4.78 is 27.0. The van der Waals surface area contributed by atoms with Crippen molar-refractivity contribution < 1.29 is 13.2 Å². The number of rotatable bonds is 6. The van der Waals surface area contributed by atoms with Crippen LogP contribution in [0, 0.1) is 0 Å². The monoisotopic (exact) mass is 397 g/mol. The van der Waals surface area contributed by atoms with E-state index in [1.807, 2.05) is 36.4 Å². The molecule has 0 unspecified atom stereocenters. The number of carbonyl (C=O) groups is 1. The molecule has 0 aromatic heterocycles. The van der Waals surface area contributed by atoms with Gasteiger partial charge in [-0.15, -0.1) is 0 Å². The maximum Gasteiger partial charge on any atom is 0.271 e. The molecule has 0 radical (unpaired) electrons. The number of nitrogens with one attached hydrogen (secondary N) is 1. The molecular formula is C21H23N3O3S. The third-order valence-electron chi connectivity index (χ3n) is 4.46. The van der Waals surface area contributed by atoms with E-state index < -0.39 is 15.9 Å². The van der Waals surface area contributed by atoms with Crippen molar-refractivity contribution in [3.8, 4) is 0 Å². The van der Waals surface area contributed by atoms with E-state index in [1.54, 1.807) is 18.2 Å². The molecule has 146 valence electrons. The van der Waals surface area contributed by atoms with Gasteiger partial charge < -0.3 is 0 Å². The van der Waals surface area contributed by atoms with E-state index in [9.17, 15) is 13.2 Å². The van der Waals surface area contributed by atoms with Gasteiger partial charge in [0.2, 0.25) is 10.0 Å². The number of carbonyl (C=O) groups excluding carboxylic acids is 1. The van der Waals surface area contributed by atoms with Gasteiger partial charge in [-0.1, -0.05) is 48.9 Å². The molecule has 1 amide bonds. The van der Waals surface area contributed by atoms with E-state index >= 15 is 0 Å². The topological polar surface area (TPSA) is 78.8 Å². The third kappa shape index (κ3) is 5.15. The highest BCUT2D eigenvalue weighted by atomic mass is 32.2. The van der Waals surface area contributed by atoms with Crippen LogP contribution in [0.1, 0.15) is 35.2 Å². The fourth-order valence-electron chi connectivity index (χ4n) is 2.97. The highest BCUT2D eigenvalue weighted by Gasteiger charge is 2.26. The zero-order valence-electron chi connectivity index (χ0n) is 15.5. The Balaban J connectivity index is 1.63. The average molecular weight is 398 g/mol. The number of piperidine rings is 1. The van der Waals surface area contributed by atoms with Gasteiger partial charge in [-0.3, -0.25) is 4.79 Å². The summed E-state index contributed by atoms with van der Waals surface area (Å²) in [5, 5.41) is 3.87. The molecule has 1 N–H and O–H groups in total. The minimum Gasteiger partial charge on any atom is -0.267 e. The van der Waals surface area contributed by atoms with Crippen LogP contribution in [0.2, 0.25) is 0 Å². The zero-order chi connectivity index (χ0) is 19.8. The van der Waals surface area contributed by atoms with Crippen LogP contribution < -0.4 is 5.43 Å². The van der Waals surface area contributed by atoms with Crippen molar-refractivity contribution >= 4 is 28.2 Å². The number of hydrazone groups is 1. The van der Waals surface area contributed by atoms with Crippen molar-refractivity contribution in [3.05, 3.63) is 71.8 Å². The molecule has 2 aromatic carbocycles. The average Bonchev–Trinajstić information content (AvgIpc) is 2.75. The lowest BCUT2D eigenvalue weighted by atomic mass is 10.2. The standard InChI is InChI=1S/C21H23N3O3S/c25-21(23-22-14-8-11-18-9-3-1-4-10-18)19-12-7-13-20(17-19)28(26,27)24-15-5-2-6-16-24/h1,3-4,7-14,17H,2,5-6,15-16H2,(H,23,25). The molecule has 0 saturated carbocycles. The predicted octanol–water partition coefficient (Wildman–Crippen LogP) is 3.29. The summed E-state index contributed by atoms with van der Waals surface area (Å²) in [5.41, 5.74) is 3.69. The molecule has 1 aliphatic heterocycles. The normalized spacial score (nSPS) is 15.9. The van der Waals surface area contributed by atoms with Crippen molar-refractivity contribution in [2.24, 2.45) is 5.10 Å². The van der Waals surface area contributed by atoms with E-state index in [1.165, 1.54) is 22.7 Å². The molecule has 0 spiro atoms. The van der Waals surface area contributed by atoms with Crippen molar-refractivity contribution in [1.82, 2.24) is 9.73 Å². The molecule has 6 nitrogen and oxygen atoms in total. The molecule has 1 aliphatic rings. The number of sulfonamides is 1. The molecule has 1 saturated heterocycles. The summed E-state index contributed by atoms with van der Waals surface area (Å²) >= 11 is 0. The van der Waals surface area contributed by atoms with Gasteiger partial charge in [0, 0.05) is 24.9 Å². The Labute approximate surface area is 165 Å². The van der Waals surface area contributed by atoms with Crippen LogP contribution in [-0.4, -0.2) is 37.9 Å². The molecule has 1 heterocycles. The minimum atomic E-state index is -3.57. The Bertz CT molecular complexity index is 963. The molecule has 1 fully saturated rings. The quantitative estimate of drug-likeness (QED) is 0.600. The van der Waals surface area contributed by atoms with Gasteiger partial charge in [-0.05, 0) is 42.7 Å². The van der Waals surface area contributed by atoms with Gasteiger partial charge in [-0.25, -0.2) is 13.8 Å². The van der Waals surface area contributed by atoms with Gasteiger partial charge in [0.05, 0.1) is 4.90 Å². The highest BCUT2D eigenvalue weighted by Crippen LogP contribution is 2.21. The van der Waals surface area contributed by atoms with E-state index in [4.69, 9.17) is 0 Å². The fraction of sp³-hybridized carbons (Fsp3) is 0.238. The van der Waals surface area contributed by atoms with Crippen molar-refractivity contribution in [2.75, 3.05) is 13.1 Å². The second kappa shape index (κ2) is 9.43. The minimum absolute atomic E-state index is 0.134. The second-order valence-corrected chi connectivity index (χ2v) is 8.42. The Kier molecular flexibility index (Phi) is 6.73. The first-order valence-corrected chi connectivity index (χ1v) is 10.7. The first-order chi connectivity index (χ1) is 13.6. The molecule has 7 heteroatoms. The summed E-state index contributed by atoms with van der Waals surface area (Å²) in [4.78, 5) is 12.4. The number of hydrogen-bond donors (Lipinski definition) is 1. The van der Waals surface area contributed by atoms with Gasteiger partial charge in [0.25, 0.3) is 5.91 Å². The second-order valence-electron chi connectivity index (χ2n) is 6.48. The van der Waals surface area contributed by atoms with Crippen LogP contribution >= 0.6 is 0 Å². The predicted molar refractivity (Wildman–Crippen MR) is 110 cm³/mol. The zero-order valence-corrected chi connectivity index (χ0v) is 16.3. The van der Waals surface area contributed by atoms with E-state index in [0.717, 1.165) is 24.8 Å². The fourth-order valence-corrected chi connectivity index (χ4v) is 4.54. The number of hydrogen-bond acceptors (Lipinski definition) is 4. The Hall–Kier alpha value is -2.77. The third-order valence-corrected chi connectivity index (χ3v) is 6.36. The molecule has 0 bridgehead atoms. The summed E-state index contributed by atoms with van der Waals surface area (Å²) in [6.07, 6.45) is 7.83. The number of allylic oxidation sites excluding steroid dienone is 1. The molecule has 28 heavy (non-hydrogen) atoms. The first kappa shape index (κ1) is 20.0. The highest BCUT2D eigenvalue weighted by molar-refractivity contribution is 7.89. The van der Waals surface area contributed by atoms with Crippen LogP contribution in [0.15, 0.2) is 70.7 Å². The maximum absolute atomic E-state index is 12.8. The van der Waals surface area contributed by atoms with Gasteiger partial charge in [-0.2, -0.15) is 9.41 Å². The largest absolute Gasteiger partial charge is 0.271 e. The summed E-state index contributed by atoms with van der Waals surface area (Å²) in [6.45, 7) is 1.05. The van der Waals surface area contributed by atoms with Crippen LogP contribution in [0.5, 0.6) is 0 Å². The van der Waals surface area contributed by atoms with Crippen LogP contribution in [0.25, 0.3) is 6.08 Å². The summed E-state index contributed by atoms with van der Waals surface area (Å²) in [6, 6.07) is 15.8. The molecular weight excluding hydrogens is 374 g/mol. The lowest BCUT2D eigenvalue weighted by Crippen LogP contribution is -2.35. The van der Waals surface area contributed by atoms with Crippen LogP contribution in [0.3, 0.4) is 0 Å². The summed E-state index contributed by atoms with van der Waals surface area (Å²) in [5.74, 6) is -0.458. The van der Waals surface area contributed by atoms with Gasteiger partial charge >= 0.3 is 0 Å². The summed E-state index contributed by atoms with van der Waals surface area (Å²) in [7, 11) is -3.57. The molecule has 0 aliphatic carbocycles. The van der Waals surface area contributed by atoms with E-state index in [-0.39, 0.29) is 10.5 Å². The number of nitrogens with zero attached hydrogens (tertiary/aromatic N) is 2. The Morgan fingerprint density at radius 1 is 1.00 bits per heavy atom. The molecule has 0 atom stereocenters. The Morgan fingerprint density at radius 2 is 1.75 bits per heavy atom. The van der Waals surface area contributed by atoms with Crippen LogP contribution in [-0.2, 0) is 10.0 Å². The Morgan fingerprint density at radius 3 is 2.50 bits per heavy atom. The SMILES string of the molecule is O=C(NN=CC=Cc1ccccc1)c1cccc(S(=O)(=O)N2CCCCC2)c1. The van der Waals surface area contributed by atoms with Crippen LogP contribution in [0.4, 0.5) is 0 Å².